The van der Waals surface area contributed by atoms with Gasteiger partial charge in [-0.2, -0.15) is 0 Å². The Hall–Kier alpha value is -1.46. The van der Waals surface area contributed by atoms with Crippen molar-refractivity contribution in [2.45, 2.75) is 26.8 Å². The zero-order valence-electron chi connectivity index (χ0n) is 11.9. The van der Waals surface area contributed by atoms with Gasteiger partial charge in [-0.1, -0.05) is 11.6 Å². The number of carbonyl (C=O) groups is 1. The number of hydrogen-bond acceptors (Lipinski definition) is 5. The lowest BCUT2D eigenvalue weighted by Gasteiger charge is -2.35. The molecule has 0 radical (unpaired) electrons. The van der Waals surface area contributed by atoms with E-state index in [0.717, 1.165) is 11.3 Å². The minimum Gasteiger partial charge on any atom is -0.462 e. The molecule has 0 spiro atoms. The molecule has 2 aliphatic heterocycles. The van der Waals surface area contributed by atoms with E-state index in [1.807, 2.05) is 19.9 Å². The van der Waals surface area contributed by atoms with Gasteiger partial charge in [-0.05, 0) is 32.4 Å². The van der Waals surface area contributed by atoms with E-state index >= 15 is 0 Å². The number of carbonyl (C=O) groups excluding carboxylic acids is 1. The second-order valence-corrected chi connectivity index (χ2v) is 4.90. The highest BCUT2D eigenvalue weighted by Crippen LogP contribution is 2.31. The molecule has 2 heterocycles. The fraction of sp³-hybridized carbons (Fsp3) is 0.500. The van der Waals surface area contributed by atoms with Gasteiger partial charge in [0.05, 0.1) is 36.4 Å². The predicted octanol–water partition coefficient (Wildman–Crippen LogP) is 2.07. The number of esters is 1. The molecule has 1 N–H and O–H groups in total. The smallest absolute Gasteiger partial charge is 0.341 e. The van der Waals surface area contributed by atoms with Crippen molar-refractivity contribution in [3.8, 4) is 0 Å². The average Bonchev–Trinajstić information content (AvgIpc) is 2.41. The zero-order valence-corrected chi connectivity index (χ0v) is 12.7. The number of halogens is 1. The molecule has 110 valence electrons. The number of rotatable bonds is 4. The van der Waals surface area contributed by atoms with E-state index < -0.39 is 5.97 Å². The highest BCUT2D eigenvalue weighted by atomic mass is 35.5. The first-order valence-corrected chi connectivity index (χ1v) is 7.07. The summed E-state index contributed by atoms with van der Waals surface area (Å²) in [7, 11) is 0. The molecule has 2 aliphatic rings. The Labute approximate surface area is 123 Å². The Morgan fingerprint density at radius 1 is 1.50 bits per heavy atom. The second kappa shape index (κ2) is 6.33. The third kappa shape index (κ3) is 2.83. The van der Waals surface area contributed by atoms with Crippen LogP contribution in [0.4, 0.5) is 0 Å². The van der Waals surface area contributed by atoms with Gasteiger partial charge in [0, 0.05) is 11.9 Å². The number of nitrogens with one attached hydrogen (secondary N) is 1. The van der Waals surface area contributed by atoms with Crippen LogP contribution in [0.1, 0.15) is 20.8 Å². The van der Waals surface area contributed by atoms with Crippen LogP contribution in [0.5, 0.6) is 0 Å². The van der Waals surface area contributed by atoms with Gasteiger partial charge in [0.15, 0.2) is 0 Å². The van der Waals surface area contributed by atoms with Crippen LogP contribution in [0.2, 0.25) is 0 Å². The van der Waals surface area contributed by atoms with Crippen molar-refractivity contribution in [1.82, 2.24) is 10.4 Å². The normalized spacial score (nSPS) is 21.8. The standard InChI is InChI=1S/C14H19ClN2O3/c1-4-19-14(18)10-7-16-12-6-9(3)17(20-5-2)8-11(12)13(10)15/h6-7,12,16H,4-5,8H2,1-3H3. The van der Waals surface area contributed by atoms with E-state index in [0.29, 0.717) is 30.4 Å². The summed E-state index contributed by atoms with van der Waals surface area (Å²) in [6, 6.07) is -0.00242. The molecule has 0 aromatic heterocycles. The summed E-state index contributed by atoms with van der Waals surface area (Å²) in [4.78, 5) is 17.4. The summed E-state index contributed by atoms with van der Waals surface area (Å²) in [5.41, 5.74) is 2.30. The lowest BCUT2D eigenvalue weighted by atomic mass is 9.96. The molecule has 0 fully saturated rings. The first kappa shape index (κ1) is 14.9. The number of dihydropyridines is 1. The van der Waals surface area contributed by atoms with Crippen LogP contribution in [0.3, 0.4) is 0 Å². The SMILES string of the molecule is CCOC(=O)C1=CNC2C=C(C)N(OCC)CC2=C1Cl. The summed E-state index contributed by atoms with van der Waals surface area (Å²) < 4.78 is 5.00. The van der Waals surface area contributed by atoms with Crippen molar-refractivity contribution < 1.29 is 14.4 Å². The van der Waals surface area contributed by atoms with Gasteiger partial charge in [0.2, 0.25) is 0 Å². The molecule has 0 amide bonds. The van der Waals surface area contributed by atoms with Crippen LogP contribution in [0, 0.1) is 0 Å². The molecule has 20 heavy (non-hydrogen) atoms. The summed E-state index contributed by atoms with van der Waals surface area (Å²) in [5, 5.41) is 5.40. The van der Waals surface area contributed by atoms with Crippen molar-refractivity contribution in [3.05, 3.63) is 34.2 Å². The second-order valence-electron chi connectivity index (χ2n) is 4.52. The van der Waals surface area contributed by atoms with E-state index in [4.69, 9.17) is 21.2 Å². The monoisotopic (exact) mass is 298 g/mol. The van der Waals surface area contributed by atoms with Crippen molar-refractivity contribution in [3.63, 3.8) is 0 Å². The molecule has 1 unspecified atom stereocenters. The molecule has 0 aromatic carbocycles. The van der Waals surface area contributed by atoms with E-state index in [1.165, 1.54) is 0 Å². The molecule has 0 saturated carbocycles. The van der Waals surface area contributed by atoms with Crippen LogP contribution in [-0.2, 0) is 14.4 Å². The highest BCUT2D eigenvalue weighted by molar-refractivity contribution is 6.35. The van der Waals surface area contributed by atoms with Crippen molar-refractivity contribution >= 4 is 17.6 Å². The van der Waals surface area contributed by atoms with Crippen LogP contribution < -0.4 is 5.32 Å². The van der Waals surface area contributed by atoms with Gasteiger partial charge in [0.25, 0.3) is 0 Å². The molecule has 6 heteroatoms. The Kier molecular flexibility index (Phi) is 4.73. The number of hydroxylamine groups is 2. The summed E-state index contributed by atoms with van der Waals surface area (Å²) >= 11 is 6.36. The van der Waals surface area contributed by atoms with Crippen LogP contribution in [-0.4, -0.2) is 36.8 Å². The summed E-state index contributed by atoms with van der Waals surface area (Å²) in [6.45, 7) is 7.11. The molecule has 0 saturated heterocycles. The van der Waals surface area contributed by atoms with Crippen LogP contribution >= 0.6 is 11.6 Å². The number of nitrogens with zero attached hydrogens (tertiary/aromatic N) is 1. The molecule has 0 aliphatic carbocycles. The van der Waals surface area contributed by atoms with Crippen molar-refractivity contribution in [2.75, 3.05) is 19.8 Å². The molecule has 0 bridgehead atoms. The predicted molar refractivity (Wildman–Crippen MR) is 76.6 cm³/mol. The zero-order chi connectivity index (χ0) is 14.7. The number of hydrogen-bond donors (Lipinski definition) is 1. The van der Waals surface area contributed by atoms with Gasteiger partial charge in [-0.25, -0.2) is 4.79 Å². The van der Waals surface area contributed by atoms with Crippen molar-refractivity contribution in [2.24, 2.45) is 0 Å². The summed E-state index contributed by atoms with van der Waals surface area (Å²) in [6.07, 6.45) is 3.64. The van der Waals surface area contributed by atoms with E-state index in [9.17, 15) is 4.79 Å². The largest absolute Gasteiger partial charge is 0.462 e. The molecular formula is C14H19ClN2O3. The van der Waals surface area contributed by atoms with Gasteiger partial charge in [-0.15, -0.1) is 0 Å². The quantitative estimate of drug-likeness (QED) is 0.805. The van der Waals surface area contributed by atoms with Crippen LogP contribution in [0.15, 0.2) is 34.2 Å². The Balaban J connectivity index is 2.26. The van der Waals surface area contributed by atoms with E-state index in [2.05, 4.69) is 5.32 Å². The maximum absolute atomic E-state index is 11.8. The van der Waals surface area contributed by atoms with E-state index in [1.54, 1.807) is 18.2 Å². The van der Waals surface area contributed by atoms with Crippen LogP contribution in [0.25, 0.3) is 0 Å². The number of fused-ring (bicyclic) bond motifs is 1. The minimum atomic E-state index is -0.412. The first-order valence-electron chi connectivity index (χ1n) is 6.69. The fourth-order valence-electron chi connectivity index (χ4n) is 2.23. The third-order valence-corrected chi connectivity index (χ3v) is 3.64. The van der Waals surface area contributed by atoms with Gasteiger partial charge in [-0.3, -0.25) is 9.90 Å². The van der Waals surface area contributed by atoms with Gasteiger partial charge < -0.3 is 10.1 Å². The molecular weight excluding hydrogens is 280 g/mol. The lowest BCUT2D eigenvalue weighted by Crippen LogP contribution is -2.41. The highest BCUT2D eigenvalue weighted by Gasteiger charge is 2.31. The Morgan fingerprint density at radius 2 is 2.25 bits per heavy atom. The number of ether oxygens (including phenoxy) is 1. The third-order valence-electron chi connectivity index (χ3n) is 3.20. The van der Waals surface area contributed by atoms with Crippen molar-refractivity contribution in [1.29, 1.82) is 0 Å². The maximum atomic E-state index is 11.8. The lowest BCUT2D eigenvalue weighted by molar-refractivity contribution is -0.138. The van der Waals surface area contributed by atoms with E-state index in [-0.39, 0.29) is 6.04 Å². The molecule has 1 atom stereocenters. The Morgan fingerprint density at radius 3 is 2.90 bits per heavy atom. The molecule has 0 aromatic rings. The fourth-order valence-corrected chi connectivity index (χ4v) is 2.54. The first-order chi connectivity index (χ1) is 9.58. The number of allylic oxidation sites excluding steroid dienone is 1. The molecule has 5 nitrogen and oxygen atoms in total. The maximum Gasteiger partial charge on any atom is 0.341 e. The van der Waals surface area contributed by atoms with Gasteiger partial charge >= 0.3 is 5.97 Å². The molecule has 2 rings (SSSR count). The minimum absolute atomic E-state index is 0.00242. The average molecular weight is 299 g/mol. The summed E-state index contributed by atoms with van der Waals surface area (Å²) in [5.74, 6) is -0.412. The topological polar surface area (TPSA) is 50.8 Å². The Bertz CT molecular complexity index is 497. The van der Waals surface area contributed by atoms with Gasteiger partial charge in [0.1, 0.15) is 0 Å².